The molecule has 0 bridgehead atoms. The predicted octanol–water partition coefficient (Wildman–Crippen LogP) is 6.60. The van der Waals surface area contributed by atoms with Crippen LogP contribution in [-0.2, 0) is 19.2 Å². The second-order valence-corrected chi connectivity index (χ2v) is 15.2. The number of aliphatic hydroxyl groups is 1. The number of nitriles is 1. The third-order valence-electron chi connectivity index (χ3n) is 13.8. The molecule has 5 aliphatic carbocycles. The Bertz CT molecular complexity index is 1190. The highest BCUT2D eigenvalue weighted by Gasteiger charge is 2.71. The van der Waals surface area contributed by atoms with Gasteiger partial charge in [-0.25, -0.2) is 4.79 Å². The molecule has 0 aromatic rings. The van der Waals surface area contributed by atoms with Gasteiger partial charge in [0.1, 0.15) is 6.61 Å². The SMILES string of the molecule is C=C(CO)[C@@H]1CC[C@]2(C#N)CC[C@]3(C)[C@H](CC[C@@H]4[C@@]5(C)CC/C(=N\OC(C)=O)[C@@](C)(COC(C)=O)[C@@H]5CC[C@]43C)[C@@H]12. The van der Waals surface area contributed by atoms with Crippen molar-refractivity contribution in [3.63, 3.8) is 0 Å². The maximum absolute atomic E-state index is 12.0. The molecule has 0 amide bonds. The molecule has 0 unspecified atom stereocenters. The zero-order valence-corrected chi connectivity index (χ0v) is 26.1. The van der Waals surface area contributed by atoms with Crippen molar-refractivity contribution in [1.82, 2.24) is 0 Å². The van der Waals surface area contributed by atoms with E-state index in [1.807, 2.05) is 0 Å². The molecule has 5 aliphatic rings. The molecule has 0 saturated heterocycles. The van der Waals surface area contributed by atoms with Crippen molar-refractivity contribution in [2.75, 3.05) is 13.2 Å². The first-order valence-corrected chi connectivity index (χ1v) is 15.8. The van der Waals surface area contributed by atoms with Crippen LogP contribution in [0.15, 0.2) is 17.3 Å². The van der Waals surface area contributed by atoms with Crippen LogP contribution >= 0.6 is 0 Å². The first-order valence-electron chi connectivity index (χ1n) is 15.8. The molecule has 0 radical (unpaired) electrons. The summed E-state index contributed by atoms with van der Waals surface area (Å²) in [4.78, 5) is 28.8. The quantitative estimate of drug-likeness (QED) is 0.174. The van der Waals surface area contributed by atoms with Crippen molar-refractivity contribution >= 4 is 17.7 Å². The minimum atomic E-state index is -0.509. The summed E-state index contributed by atoms with van der Waals surface area (Å²) in [5.41, 5.74) is 1.13. The third-order valence-corrected chi connectivity index (χ3v) is 13.8. The van der Waals surface area contributed by atoms with Crippen LogP contribution in [0.2, 0.25) is 0 Å². The topological polar surface area (TPSA) is 109 Å². The van der Waals surface area contributed by atoms with Crippen LogP contribution in [0.25, 0.3) is 0 Å². The molecule has 10 atom stereocenters. The lowest BCUT2D eigenvalue weighted by Crippen LogP contribution is -2.67. The maximum Gasteiger partial charge on any atom is 0.331 e. The van der Waals surface area contributed by atoms with Gasteiger partial charge in [0.15, 0.2) is 0 Å². The highest BCUT2D eigenvalue weighted by molar-refractivity contribution is 5.91. The minimum Gasteiger partial charge on any atom is -0.465 e. The summed E-state index contributed by atoms with van der Waals surface area (Å²) >= 11 is 0. The van der Waals surface area contributed by atoms with Crippen molar-refractivity contribution in [1.29, 1.82) is 5.26 Å². The van der Waals surface area contributed by atoms with Crippen LogP contribution in [-0.4, -0.2) is 36.0 Å². The summed E-state index contributed by atoms with van der Waals surface area (Å²) in [6.45, 7) is 17.0. The van der Waals surface area contributed by atoms with Gasteiger partial charge in [-0.2, -0.15) is 5.26 Å². The Hall–Kier alpha value is -2.20. The van der Waals surface area contributed by atoms with Crippen LogP contribution in [0.3, 0.4) is 0 Å². The molecule has 0 aliphatic heterocycles. The molecule has 41 heavy (non-hydrogen) atoms. The van der Waals surface area contributed by atoms with Gasteiger partial charge < -0.3 is 14.7 Å². The Morgan fingerprint density at radius 1 is 0.976 bits per heavy atom. The molecular weight excluding hydrogens is 516 g/mol. The molecule has 5 rings (SSSR count). The molecule has 7 heteroatoms. The maximum atomic E-state index is 12.0. The van der Waals surface area contributed by atoms with Gasteiger partial charge in [-0.3, -0.25) is 4.79 Å². The zero-order chi connectivity index (χ0) is 30.0. The summed E-state index contributed by atoms with van der Waals surface area (Å²) in [6, 6.07) is 2.82. The standard InChI is InChI=1S/C34H50N2O5/c1-21(18-37)24-10-15-34(19-35)17-16-32(6)25(29(24)34)8-9-27-30(4)13-12-28(36-41-23(3)39)31(5,20-40-22(2)38)26(30)11-14-33(27,32)7/h24-27,29,37H,1,8-18,20H2,2-7H3/b36-28+/t24-,25+,26+,27+,29+,30-,31-,32+,33+,34+/m0/s1. The normalized spacial score (nSPS) is 47.7. The van der Waals surface area contributed by atoms with Crippen molar-refractivity contribution in [3.05, 3.63) is 12.2 Å². The number of oxime groups is 1. The fraction of sp³-hybridized carbons (Fsp3) is 0.824. The Kier molecular flexibility index (Phi) is 7.54. The fourth-order valence-electron chi connectivity index (χ4n) is 11.7. The first-order chi connectivity index (χ1) is 19.2. The second-order valence-electron chi connectivity index (χ2n) is 15.2. The van der Waals surface area contributed by atoms with E-state index >= 15 is 0 Å². The van der Waals surface area contributed by atoms with E-state index in [2.05, 4.69) is 45.5 Å². The van der Waals surface area contributed by atoms with Crippen LogP contribution in [0.5, 0.6) is 0 Å². The van der Waals surface area contributed by atoms with E-state index in [0.29, 0.717) is 18.3 Å². The van der Waals surface area contributed by atoms with E-state index in [-0.39, 0.29) is 58.6 Å². The van der Waals surface area contributed by atoms with Crippen LogP contribution in [0.4, 0.5) is 0 Å². The van der Waals surface area contributed by atoms with E-state index in [9.17, 15) is 20.0 Å². The smallest absolute Gasteiger partial charge is 0.331 e. The molecule has 0 aromatic heterocycles. The first kappa shape index (κ1) is 30.3. The Morgan fingerprint density at radius 2 is 1.71 bits per heavy atom. The summed E-state index contributed by atoms with van der Waals surface area (Å²) < 4.78 is 5.68. The van der Waals surface area contributed by atoms with Gasteiger partial charge in [0, 0.05) is 19.3 Å². The average Bonchev–Trinajstić information content (AvgIpc) is 3.31. The van der Waals surface area contributed by atoms with Gasteiger partial charge in [0.25, 0.3) is 0 Å². The zero-order valence-electron chi connectivity index (χ0n) is 26.1. The number of aliphatic hydroxyl groups excluding tert-OH is 1. The average molecular weight is 567 g/mol. The van der Waals surface area contributed by atoms with E-state index in [1.165, 1.54) is 13.8 Å². The van der Waals surface area contributed by atoms with E-state index < -0.39 is 11.4 Å². The number of ether oxygens (including phenoxy) is 1. The molecular formula is C34H50N2O5. The molecule has 0 spiro atoms. The number of nitrogens with zero attached hydrogens (tertiary/aromatic N) is 2. The predicted molar refractivity (Wildman–Crippen MR) is 156 cm³/mol. The summed E-state index contributed by atoms with van der Waals surface area (Å²) in [7, 11) is 0. The summed E-state index contributed by atoms with van der Waals surface area (Å²) in [5, 5.41) is 24.9. The molecule has 0 heterocycles. The summed E-state index contributed by atoms with van der Waals surface area (Å²) in [6.07, 6.45) is 9.82. The van der Waals surface area contributed by atoms with Crippen LogP contribution < -0.4 is 0 Å². The molecule has 226 valence electrons. The molecule has 1 N–H and O–H groups in total. The fourth-order valence-corrected chi connectivity index (χ4v) is 11.7. The number of carbonyl (C=O) groups is 2. The van der Waals surface area contributed by atoms with Gasteiger partial charge >= 0.3 is 11.9 Å². The van der Waals surface area contributed by atoms with Gasteiger partial charge in [-0.05, 0) is 116 Å². The van der Waals surface area contributed by atoms with Crippen molar-refractivity contribution in [3.8, 4) is 6.07 Å². The number of hydrogen-bond donors (Lipinski definition) is 1. The number of esters is 1. The molecule has 5 fully saturated rings. The second kappa shape index (κ2) is 10.2. The van der Waals surface area contributed by atoms with Gasteiger partial charge in [0.05, 0.1) is 23.8 Å². The van der Waals surface area contributed by atoms with E-state index in [0.717, 1.165) is 69.1 Å². The lowest BCUT2D eigenvalue weighted by molar-refractivity contribution is -0.227. The molecule has 0 aromatic carbocycles. The van der Waals surface area contributed by atoms with E-state index in [1.54, 1.807) is 0 Å². The lowest BCUT2D eigenvalue weighted by Gasteiger charge is -2.72. The number of hydrogen-bond acceptors (Lipinski definition) is 7. The molecule has 7 nitrogen and oxygen atoms in total. The van der Waals surface area contributed by atoms with Gasteiger partial charge in [-0.15, -0.1) is 0 Å². The monoisotopic (exact) mass is 566 g/mol. The highest BCUT2D eigenvalue weighted by Crippen LogP contribution is 2.77. The third kappa shape index (κ3) is 4.25. The Morgan fingerprint density at radius 3 is 2.34 bits per heavy atom. The van der Waals surface area contributed by atoms with Crippen LogP contribution in [0.1, 0.15) is 106 Å². The van der Waals surface area contributed by atoms with Crippen molar-refractivity contribution < 1.29 is 24.3 Å². The minimum absolute atomic E-state index is 0.00387. The van der Waals surface area contributed by atoms with Crippen molar-refractivity contribution in [2.24, 2.45) is 61.8 Å². The van der Waals surface area contributed by atoms with E-state index in [4.69, 9.17) is 9.57 Å². The summed E-state index contributed by atoms with van der Waals surface area (Å²) in [5.74, 6) is 0.893. The highest BCUT2D eigenvalue weighted by atomic mass is 16.7. The van der Waals surface area contributed by atoms with Gasteiger partial charge in [0.2, 0.25) is 0 Å². The number of carbonyl (C=O) groups excluding carboxylic acids is 2. The van der Waals surface area contributed by atoms with Crippen LogP contribution in [0, 0.1) is 68.0 Å². The number of rotatable bonds is 5. The molecule has 5 saturated carbocycles. The van der Waals surface area contributed by atoms with Gasteiger partial charge in [-0.1, -0.05) is 39.4 Å². The largest absolute Gasteiger partial charge is 0.465 e. The Balaban J connectivity index is 1.53. The Labute approximate surface area is 246 Å². The number of fused-ring (bicyclic) bond motifs is 7. The lowest BCUT2D eigenvalue weighted by atomic mass is 9.32. The van der Waals surface area contributed by atoms with Crippen molar-refractivity contribution in [2.45, 2.75) is 106 Å².